The molecule has 0 aromatic heterocycles. The highest BCUT2D eigenvalue weighted by Crippen LogP contribution is 1.77. The van der Waals surface area contributed by atoms with E-state index in [1.165, 1.54) is 0 Å². The SMILES string of the molecule is [2H]CC(=O)C(=O)OC=C. The molecule has 0 fully saturated rings. The number of hydrogen-bond donors (Lipinski definition) is 0. The second-order valence-corrected chi connectivity index (χ2v) is 0.995. The van der Waals surface area contributed by atoms with Crippen molar-refractivity contribution in [3.05, 3.63) is 12.8 Å². The second-order valence-electron chi connectivity index (χ2n) is 0.995. The van der Waals surface area contributed by atoms with Crippen LogP contribution in [0.5, 0.6) is 0 Å². The standard InChI is InChI=1S/C5H6O3/c1-3-8-5(7)4(2)6/h3H,1H2,2H3/i2D. The quantitative estimate of drug-likeness (QED) is 0.294. The second kappa shape index (κ2) is 2.96. The monoisotopic (exact) mass is 115 g/mol. The van der Waals surface area contributed by atoms with E-state index in [4.69, 9.17) is 1.37 Å². The lowest BCUT2D eigenvalue weighted by molar-refractivity contribution is -0.148. The fourth-order valence-corrected chi connectivity index (χ4v) is 0.141. The number of carbonyl (C=O) groups is 2. The van der Waals surface area contributed by atoms with Gasteiger partial charge in [-0.15, -0.1) is 0 Å². The maximum atomic E-state index is 10.2. The molecule has 0 unspecified atom stereocenters. The van der Waals surface area contributed by atoms with E-state index in [2.05, 4.69) is 11.3 Å². The van der Waals surface area contributed by atoms with Crippen LogP contribution >= 0.6 is 0 Å². The van der Waals surface area contributed by atoms with E-state index in [0.717, 1.165) is 6.26 Å². The van der Waals surface area contributed by atoms with Gasteiger partial charge in [-0.05, 0) is 0 Å². The van der Waals surface area contributed by atoms with Gasteiger partial charge in [-0.1, -0.05) is 6.58 Å². The Kier molecular flexibility index (Phi) is 1.86. The molecule has 0 aliphatic rings. The largest absolute Gasteiger partial charge is 0.429 e. The molecule has 0 N–H and O–H groups in total. The third-order valence-electron chi connectivity index (χ3n) is 0.418. The topological polar surface area (TPSA) is 43.4 Å². The third-order valence-corrected chi connectivity index (χ3v) is 0.418. The van der Waals surface area contributed by atoms with Crippen molar-refractivity contribution in [2.75, 3.05) is 0 Å². The molecule has 0 aliphatic carbocycles. The summed E-state index contributed by atoms with van der Waals surface area (Å²) < 4.78 is 10.5. The maximum Gasteiger partial charge on any atom is 0.379 e. The van der Waals surface area contributed by atoms with Crippen molar-refractivity contribution < 1.29 is 15.7 Å². The number of carbonyl (C=O) groups excluding carboxylic acids is 2. The third kappa shape index (κ3) is 2.12. The zero-order valence-corrected chi connectivity index (χ0v) is 4.22. The summed E-state index contributed by atoms with van der Waals surface area (Å²) in [4.78, 5) is 20.4. The summed E-state index contributed by atoms with van der Waals surface area (Å²) in [5, 5.41) is 0. The molecule has 0 aliphatic heterocycles. The number of hydrogen-bond acceptors (Lipinski definition) is 3. The summed E-state index contributed by atoms with van der Waals surface area (Å²) in [6.07, 6.45) is 0.857. The van der Waals surface area contributed by atoms with Gasteiger partial charge in [0.1, 0.15) is 0 Å². The van der Waals surface area contributed by atoms with Crippen molar-refractivity contribution in [1.29, 1.82) is 0 Å². The molecule has 0 amide bonds. The summed E-state index contributed by atoms with van der Waals surface area (Å²) in [6.45, 7) is 2.48. The Balaban J connectivity index is 3.73. The molecular weight excluding hydrogens is 108 g/mol. The van der Waals surface area contributed by atoms with E-state index in [0.29, 0.717) is 0 Å². The molecule has 0 saturated carbocycles. The van der Waals surface area contributed by atoms with Gasteiger partial charge in [-0.25, -0.2) is 4.79 Å². The van der Waals surface area contributed by atoms with Crippen molar-refractivity contribution in [3.8, 4) is 0 Å². The highest BCUT2D eigenvalue weighted by atomic mass is 16.5. The van der Waals surface area contributed by atoms with Crippen LogP contribution in [-0.2, 0) is 14.3 Å². The molecule has 3 heteroatoms. The summed E-state index contributed by atoms with van der Waals surface area (Å²) in [7, 11) is 0. The van der Waals surface area contributed by atoms with Gasteiger partial charge >= 0.3 is 5.97 Å². The fourth-order valence-electron chi connectivity index (χ4n) is 0.141. The van der Waals surface area contributed by atoms with Crippen molar-refractivity contribution in [2.24, 2.45) is 0 Å². The molecule has 8 heavy (non-hydrogen) atoms. The van der Waals surface area contributed by atoms with E-state index in [1.807, 2.05) is 0 Å². The molecule has 0 saturated heterocycles. The normalized spacial score (nSPS) is 9.25. The van der Waals surface area contributed by atoms with Gasteiger partial charge in [-0.2, -0.15) is 0 Å². The predicted octanol–water partition coefficient (Wildman–Crippen LogP) is 0.262. The molecule has 3 nitrogen and oxygen atoms in total. The lowest BCUT2D eigenvalue weighted by Crippen LogP contribution is -2.09. The number of Topliss-reactive ketones (excluding diaryl/α,β-unsaturated/α-hetero) is 1. The zero-order chi connectivity index (χ0) is 7.28. The molecule has 0 aromatic rings. The molecular formula is C5H6O3. The van der Waals surface area contributed by atoms with E-state index in [9.17, 15) is 9.59 Å². The lowest BCUT2D eigenvalue weighted by Gasteiger charge is -1.88. The Morgan fingerprint density at radius 1 is 1.88 bits per heavy atom. The molecule has 44 valence electrons. The lowest BCUT2D eigenvalue weighted by atomic mass is 10.5. The van der Waals surface area contributed by atoms with Gasteiger partial charge in [0, 0.05) is 8.27 Å². The molecule has 0 bridgehead atoms. The summed E-state index contributed by atoms with van der Waals surface area (Å²) >= 11 is 0. The van der Waals surface area contributed by atoms with Gasteiger partial charge in [0.05, 0.1) is 6.26 Å². The van der Waals surface area contributed by atoms with E-state index < -0.39 is 18.7 Å². The van der Waals surface area contributed by atoms with Crippen LogP contribution in [-0.4, -0.2) is 11.8 Å². The Morgan fingerprint density at radius 3 is 2.88 bits per heavy atom. The van der Waals surface area contributed by atoms with Crippen LogP contribution in [0.2, 0.25) is 0 Å². The number of rotatable bonds is 2. The highest BCUT2D eigenvalue weighted by molar-refractivity contribution is 6.32. The minimum absolute atomic E-state index is 0.577. The first kappa shape index (κ1) is 5.03. The Labute approximate surface area is 48.4 Å². The minimum Gasteiger partial charge on any atom is -0.429 e. The smallest absolute Gasteiger partial charge is 0.379 e. The van der Waals surface area contributed by atoms with Crippen LogP contribution in [0.3, 0.4) is 0 Å². The van der Waals surface area contributed by atoms with E-state index in [1.54, 1.807) is 0 Å². The first-order chi connectivity index (χ1) is 4.22. The van der Waals surface area contributed by atoms with Gasteiger partial charge in [0.2, 0.25) is 5.78 Å². The van der Waals surface area contributed by atoms with Gasteiger partial charge in [-0.3, -0.25) is 4.79 Å². The Bertz CT molecular complexity index is 141. The van der Waals surface area contributed by atoms with Gasteiger partial charge in [0.25, 0.3) is 0 Å². The van der Waals surface area contributed by atoms with Gasteiger partial charge in [0.15, 0.2) is 0 Å². The molecule has 0 heterocycles. The van der Waals surface area contributed by atoms with Crippen LogP contribution < -0.4 is 0 Å². The molecule has 0 radical (unpaired) electrons. The number of ether oxygens (including phenoxy) is 1. The van der Waals surface area contributed by atoms with Gasteiger partial charge < -0.3 is 4.74 Å². The Morgan fingerprint density at radius 2 is 2.50 bits per heavy atom. The maximum absolute atomic E-state index is 10.2. The summed E-state index contributed by atoms with van der Waals surface area (Å²) in [6, 6.07) is 0. The van der Waals surface area contributed by atoms with Crippen molar-refractivity contribution in [1.82, 2.24) is 0 Å². The number of esters is 1. The van der Waals surface area contributed by atoms with Crippen molar-refractivity contribution in [2.45, 2.75) is 6.90 Å². The van der Waals surface area contributed by atoms with Crippen molar-refractivity contribution >= 4 is 11.8 Å². The van der Waals surface area contributed by atoms with E-state index in [-0.39, 0.29) is 0 Å². The van der Waals surface area contributed by atoms with E-state index >= 15 is 0 Å². The Hall–Kier alpha value is -1.12. The zero-order valence-electron chi connectivity index (χ0n) is 5.22. The van der Waals surface area contributed by atoms with Crippen LogP contribution in [0, 0.1) is 0 Å². The molecule has 0 spiro atoms. The van der Waals surface area contributed by atoms with Crippen LogP contribution in [0.1, 0.15) is 8.27 Å². The fraction of sp³-hybridized carbons (Fsp3) is 0.200. The summed E-state index contributed by atoms with van der Waals surface area (Å²) in [5.74, 6) is -1.89. The van der Waals surface area contributed by atoms with Crippen molar-refractivity contribution in [3.63, 3.8) is 0 Å². The minimum atomic E-state index is -1.03. The van der Waals surface area contributed by atoms with Crippen LogP contribution in [0.4, 0.5) is 0 Å². The number of ketones is 1. The average Bonchev–Trinajstić information content (AvgIpc) is 1.87. The van der Waals surface area contributed by atoms with Crippen LogP contribution in [0.25, 0.3) is 0 Å². The first-order valence-corrected chi connectivity index (χ1v) is 1.86. The highest BCUT2D eigenvalue weighted by Gasteiger charge is 2.04. The molecule has 0 atom stereocenters. The molecule has 0 aromatic carbocycles. The predicted molar refractivity (Wildman–Crippen MR) is 27.0 cm³/mol. The van der Waals surface area contributed by atoms with Crippen LogP contribution in [0.15, 0.2) is 12.8 Å². The summed E-state index contributed by atoms with van der Waals surface area (Å²) in [5.41, 5.74) is 0. The first-order valence-electron chi connectivity index (χ1n) is 2.57. The molecule has 0 rings (SSSR count). The average molecular weight is 115 g/mol.